The van der Waals surface area contributed by atoms with E-state index in [0.29, 0.717) is 12.1 Å². The smallest absolute Gasteiger partial charge is 0.157 e. The van der Waals surface area contributed by atoms with Gasteiger partial charge in [0, 0.05) is 18.8 Å². The Morgan fingerprint density at radius 3 is 2.57 bits per heavy atom. The molecule has 1 aromatic heterocycles. The van der Waals surface area contributed by atoms with Crippen LogP contribution in [0.4, 0.5) is 0 Å². The average molecular weight is 376 g/mol. The third kappa shape index (κ3) is 3.18. The summed E-state index contributed by atoms with van der Waals surface area (Å²) < 4.78 is 2.26. The van der Waals surface area contributed by atoms with Crippen LogP contribution in [0.15, 0.2) is 42.1 Å². The van der Waals surface area contributed by atoms with Gasteiger partial charge in [0.1, 0.15) is 5.82 Å². The lowest BCUT2D eigenvalue weighted by atomic mass is 10.0. The number of hydrogen-bond acceptors (Lipinski definition) is 4. The minimum absolute atomic E-state index is 0.298. The fourth-order valence-corrected chi connectivity index (χ4v) is 4.99. The van der Waals surface area contributed by atoms with E-state index in [9.17, 15) is 0 Å². The molecule has 1 fully saturated rings. The highest BCUT2D eigenvalue weighted by Crippen LogP contribution is 2.37. The van der Waals surface area contributed by atoms with Crippen molar-refractivity contribution in [3.8, 4) is 0 Å². The van der Waals surface area contributed by atoms with Crippen molar-refractivity contribution in [1.29, 1.82) is 0 Å². The Balaban J connectivity index is 1.33. The molecule has 1 aromatic carbocycles. The first-order valence-electron chi connectivity index (χ1n) is 10.5. The van der Waals surface area contributed by atoms with E-state index in [2.05, 4.69) is 74.0 Å². The molecular formula is C23H29N5. The monoisotopic (exact) mass is 375 g/mol. The van der Waals surface area contributed by atoms with Crippen LogP contribution in [0.25, 0.3) is 6.08 Å². The third-order valence-electron chi connectivity index (χ3n) is 6.41. The first kappa shape index (κ1) is 17.7. The molecule has 3 aliphatic rings. The van der Waals surface area contributed by atoms with E-state index in [4.69, 9.17) is 0 Å². The van der Waals surface area contributed by atoms with Crippen LogP contribution in [0.5, 0.6) is 0 Å². The summed E-state index contributed by atoms with van der Waals surface area (Å²) in [5.74, 6) is 1.96. The van der Waals surface area contributed by atoms with Crippen molar-refractivity contribution >= 4 is 6.08 Å². The predicted molar refractivity (Wildman–Crippen MR) is 111 cm³/mol. The van der Waals surface area contributed by atoms with Crippen LogP contribution in [0.1, 0.15) is 55.0 Å². The largest absolute Gasteiger partial charge is 0.362 e. The molecule has 5 heteroatoms. The molecular weight excluding hydrogens is 346 g/mol. The maximum absolute atomic E-state index is 4.29. The van der Waals surface area contributed by atoms with E-state index in [-0.39, 0.29) is 0 Å². The van der Waals surface area contributed by atoms with Gasteiger partial charge in [0.2, 0.25) is 0 Å². The lowest BCUT2D eigenvalue weighted by molar-refractivity contribution is 0.220. The number of aryl methyl sites for hydroxylation is 1. The Morgan fingerprint density at radius 1 is 0.964 bits per heavy atom. The van der Waals surface area contributed by atoms with Crippen molar-refractivity contribution in [3.05, 3.63) is 64.9 Å². The van der Waals surface area contributed by atoms with Gasteiger partial charge in [-0.1, -0.05) is 36.8 Å². The highest BCUT2D eigenvalue weighted by atomic mass is 15.3. The van der Waals surface area contributed by atoms with Crippen LogP contribution in [0, 0.1) is 6.92 Å². The molecule has 0 aliphatic carbocycles. The van der Waals surface area contributed by atoms with Crippen LogP contribution in [0.2, 0.25) is 0 Å². The second-order valence-electron chi connectivity index (χ2n) is 8.41. The van der Waals surface area contributed by atoms with Crippen LogP contribution < -0.4 is 0 Å². The number of hydrogen-bond donors (Lipinski definition) is 0. The summed E-state index contributed by atoms with van der Waals surface area (Å²) in [6, 6.07) is 9.81. The molecule has 1 saturated heterocycles. The molecule has 0 amide bonds. The average Bonchev–Trinajstić information content (AvgIpc) is 3.23. The number of nitrogens with zero attached hydrogens (tertiary/aromatic N) is 5. The van der Waals surface area contributed by atoms with Crippen LogP contribution >= 0.6 is 0 Å². The minimum atomic E-state index is 0.298. The molecule has 4 heterocycles. The highest BCUT2D eigenvalue weighted by Gasteiger charge is 2.36. The van der Waals surface area contributed by atoms with Crippen molar-refractivity contribution < 1.29 is 0 Å². The number of allylic oxidation sites excluding steroid dienone is 1. The van der Waals surface area contributed by atoms with Gasteiger partial charge in [0.25, 0.3) is 0 Å². The van der Waals surface area contributed by atoms with Crippen molar-refractivity contribution in [1.82, 2.24) is 24.6 Å². The number of rotatable bonds is 4. The van der Waals surface area contributed by atoms with E-state index >= 15 is 0 Å². The van der Waals surface area contributed by atoms with E-state index in [1.54, 1.807) is 0 Å². The van der Waals surface area contributed by atoms with Crippen LogP contribution in [0.3, 0.4) is 0 Å². The van der Waals surface area contributed by atoms with Gasteiger partial charge in [0.15, 0.2) is 5.82 Å². The lowest BCUT2D eigenvalue weighted by Crippen LogP contribution is -2.35. The summed E-state index contributed by atoms with van der Waals surface area (Å²) in [4.78, 5) is 5.11. The molecule has 5 rings (SSSR count). The Hall–Kier alpha value is -2.40. The predicted octanol–water partition coefficient (Wildman–Crippen LogP) is 3.93. The topological polar surface area (TPSA) is 37.2 Å². The van der Waals surface area contributed by atoms with Gasteiger partial charge in [-0.3, -0.25) is 4.90 Å². The summed E-state index contributed by atoms with van der Waals surface area (Å²) in [7, 11) is 0. The van der Waals surface area contributed by atoms with Crippen LogP contribution in [-0.4, -0.2) is 43.7 Å². The van der Waals surface area contributed by atoms with E-state index in [1.165, 1.54) is 49.2 Å². The molecule has 146 valence electrons. The molecule has 0 saturated carbocycles. The molecule has 0 spiro atoms. The number of likely N-dealkylation sites (tertiary alicyclic amines) is 1. The van der Waals surface area contributed by atoms with Crippen molar-refractivity contribution in [3.63, 3.8) is 0 Å². The number of fused-ring (bicyclic) bond motifs is 3. The number of benzene rings is 1. The maximum Gasteiger partial charge on any atom is 0.157 e. The van der Waals surface area contributed by atoms with Crippen molar-refractivity contribution in [2.75, 3.05) is 13.1 Å². The zero-order chi connectivity index (χ0) is 19.1. The van der Waals surface area contributed by atoms with E-state index in [1.807, 2.05) is 6.92 Å². The van der Waals surface area contributed by atoms with E-state index < -0.39 is 0 Å². The Kier molecular flexibility index (Phi) is 4.55. The minimum Gasteiger partial charge on any atom is -0.362 e. The fraction of sp³-hybridized carbons (Fsp3) is 0.478. The molecule has 3 aliphatic heterocycles. The molecule has 2 atom stereocenters. The van der Waals surface area contributed by atoms with Gasteiger partial charge in [-0.05, 0) is 63.1 Å². The first-order valence-corrected chi connectivity index (χ1v) is 10.5. The molecule has 0 bridgehead atoms. The van der Waals surface area contributed by atoms with Gasteiger partial charge >= 0.3 is 0 Å². The van der Waals surface area contributed by atoms with Gasteiger partial charge in [-0.2, -0.15) is 0 Å². The van der Waals surface area contributed by atoms with Crippen molar-refractivity contribution in [2.24, 2.45) is 0 Å². The normalized spacial score (nSPS) is 24.2. The zero-order valence-electron chi connectivity index (χ0n) is 16.9. The quantitative estimate of drug-likeness (QED) is 0.811. The van der Waals surface area contributed by atoms with Crippen molar-refractivity contribution in [2.45, 2.75) is 58.3 Å². The first-order chi connectivity index (χ1) is 13.7. The molecule has 2 aromatic rings. The zero-order valence-corrected chi connectivity index (χ0v) is 16.9. The highest BCUT2D eigenvalue weighted by molar-refractivity contribution is 5.48. The second-order valence-corrected chi connectivity index (χ2v) is 8.41. The standard InChI is InChI=1S/C23H29N5/c1-17-13-22-21(9-10-23-25-24-18(2)28(22)23)27(17)16-20-8-6-7-19(14-20)15-26-11-4-3-5-12-26/h6-10,13-14,21-22H,3-5,11-12,15-16H2,1-2H3. The Labute approximate surface area is 167 Å². The number of aromatic nitrogens is 3. The lowest BCUT2D eigenvalue weighted by Gasteiger charge is -2.32. The van der Waals surface area contributed by atoms with Gasteiger partial charge in [-0.25, -0.2) is 0 Å². The summed E-state index contributed by atoms with van der Waals surface area (Å²) in [6.07, 6.45) is 10.9. The second kappa shape index (κ2) is 7.21. The van der Waals surface area contributed by atoms with Crippen LogP contribution in [-0.2, 0) is 13.1 Å². The summed E-state index contributed by atoms with van der Waals surface area (Å²) in [5, 5.41) is 8.56. The SMILES string of the molecule is CC1=CC2C(C=Cc3nnc(C)n32)N1Cc1cccc(CN2CCCCC2)c1. The molecule has 2 unspecified atom stereocenters. The van der Waals surface area contributed by atoms with E-state index in [0.717, 1.165) is 24.7 Å². The maximum atomic E-state index is 4.29. The van der Waals surface area contributed by atoms with Gasteiger partial charge in [0.05, 0.1) is 12.1 Å². The molecule has 5 nitrogen and oxygen atoms in total. The summed E-state index contributed by atoms with van der Waals surface area (Å²) in [6.45, 7) is 8.78. The van der Waals surface area contributed by atoms with Gasteiger partial charge < -0.3 is 9.47 Å². The third-order valence-corrected chi connectivity index (χ3v) is 6.41. The Bertz CT molecular complexity index is 919. The molecule has 0 N–H and O–H groups in total. The molecule has 0 radical (unpaired) electrons. The summed E-state index contributed by atoms with van der Waals surface area (Å²) >= 11 is 0. The number of piperidine rings is 1. The Morgan fingerprint density at radius 2 is 1.75 bits per heavy atom. The molecule has 28 heavy (non-hydrogen) atoms. The van der Waals surface area contributed by atoms with Gasteiger partial charge in [-0.15, -0.1) is 10.2 Å². The summed E-state index contributed by atoms with van der Waals surface area (Å²) in [5.41, 5.74) is 4.16. The fourth-order valence-electron chi connectivity index (χ4n) is 4.99.